The molecule has 0 atom stereocenters. The van der Waals surface area contributed by atoms with Gasteiger partial charge in [-0.25, -0.2) is 0 Å². The molecule has 2 rings (SSSR count). The van der Waals surface area contributed by atoms with E-state index < -0.39 is 5.60 Å². The molecule has 0 saturated carbocycles. The zero-order chi connectivity index (χ0) is 14.3. The van der Waals surface area contributed by atoms with Gasteiger partial charge < -0.3 is 4.74 Å². The van der Waals surface area contributed by atoms with E-state index in [-0.39, 0.29) is 5.92 Å². The topological polar surface area (TPSA) is 33.0 Å². The number of hydrogen-bond acceptors (Lipinski definition) is 2. The summed E-state index contributed by atoms with van der Waals surface area (Å²) in [5, 5.41) is 9.38. The first kappa shape index (κ1) is 14.6. The highest BCUT2D eigenvalue weighted by molar-refractivity contribution is 5.39. The predicted octanol–water partition coefficient (Wildman–Crippen LogP) is 4.37. The van der Waals surface area contributed by atoms with Crippen molar-refractivity contribution in [3.63, 3.8) is 0 Å². The molecule has 1 aliphatic rings. The SMILES string of the molecule is CCCCCOC1(C#N)C=CC(c2ccccc2)C=C1. The van der Waals surface area contributed by atoms with Crippen LogP contribution in [0, 0.1) is 11.3 Å². The Balaban J connectivity index is 1.99. The molecule has 0 radical (unpaired) electrons. The van der Waals surface area contributed by atoms with Crippen molar-refractivity contribution in [1.29, 1.82) is 5.26 Å². The second-order valence-corrected chi connectivity index (χ2v) is 5.12. The summed E-state index contributed by atoms with van der Waals surface area (Å²) in [6.45, 7) is 2.79. The van der Waals surface area contributed by atoms with Crippen molar-refractivity contribution in [3.8, 4) is 6.07 Å². The van der Waals surface area contributed by atoms with Crippen molar-refractivity contribution in [3.05, 3.63) is 60.2 Å². The molecule has 1 aromatic carbocycles. The van der Waals surface area contributed by atoms with Gasteiger partial charge in [0.15, 0.2) is 5.60 Å². The number of nitrogens with zero attached hydrogens (tertiary/aromatic N) is 1. The molecule has 20 heavy (non-hydrogen) atoms. The van der Waals surface area contributed by atoms with E-state index in [0.29, 0.717) is 6.61 Å². The summed E-state index contributed by atoms with van der Waals surface area (Å²) in [6.07, 6.45) is 11.2. The van der Waals surface area contributed by atoms with Crippen LogP contribution in [0.4, 0.5) is 0 Å². The van der Waals surface area contributed by atoms with Crippen LogP contribution in [-0.4, -0.2) is 12.2 Å². The van der Waals surface area contributed by atoms with E-state index in [0.717, 1.165) is 19.3 Å². The monoisotopic (exact) mass is 267 g/mol. The standard InChI is InChI=1S/C18H21NO/c1-2-3-7-14-20-18(15-19)12-10-17(11-13-18)16-8-5-4-6-9-16/h4-6,8-13,17H,2-3,7,14H2,1H3. The molecule has 104 valence electrons. The van der Waals surface area contributed by atoms with Gasteiger partial charge in [-0.3, -0.25) is 0 Å². The van der Waals surface area contributed by atoms with E-state index in [1.165, 1.54) is 5.56 Å². The van der Waals surface area contributed by atoms with Crippen LogP contribution >= 0.6 is 0 Å². The van der Waals surface area contributed by atoms with Gasteiger partial charge in [0.05, 0.1) is 0 Å². The lowest BCUT2D eigenvalue weighted by Gasteiger charge is -2.24. The van der Waals surface area contributed by atoms with Crippen LogP contribution in [-0.2, 0) is 4.74 Å². The summed E-state index contributed by atoms with van der Waals surface area (Å²) in [4.78, 5) is 0. The average molecular weight is 267 g/mol. The molecular weight excluding hydrogens is 246 g/mol. The van der Waals surface area contributed by atoms with Crippen molar-refractivity contribution in [2.24, 2.45) is 0 Å². The zero-order valence-electron chi connectivity index (χ0n) is 12.0. The third kappa shape index (κ3) is 3.59. The lowest BCUT2D eigenvalue weighted by Crippen LogP contribution is -2.28. The van der Waals surface area contributed by atoms with Crippen LogP contribution in [0.1, 0.15) is 37.7 Å². The summed E-state index contributed by atoms with van der Waals surface area (Å²) in [5.74, 6) is 0.233. The Kier molecular flexibility index (Phi) is 5.15. The zero-order valence-corrected chi connectivity index (χ0v) is 12.0. The van der Waals surface area contributed by atoms with E-state index in [2.05, 4.69) is 37.3 Å². The number of rotatable bonds is 6. The first-order chi connectivity index (χ1) is 9.79. The van der Waals surface area contributed by atoms with E-state index in [1.54, 1.807) is 0 Å². The number of nitriles is 1. The van der Waals surface area contributed by atoms with E-state index in [1.807, 2.05) is 30.4 Å². The highest BCUT2D eigenvalue weighted by Crippen LogP contribution is 2.28. The molecule has 0 bridgehead atoms. The molecule has 0 unspecified atom stereocenters. The van der Waals surface area contributed by atoms with Crippen molar-refractivity contribution >= 4 is 0 Å². The summed E-state index contributed by atoms with van der Waals surface area (Å²) < 4.78 is 5.77. The molecule has 0 aliphatic heterocycles. The Labute approximate surface area is 121 Å². The van der Waals surface area contributed by atoms with E-state index >= 15 is 0 Å². The van der Waals surface area contributed by atoms with Gasteiger partial charge in [-0.15, -0.1) is 0 Å². The first-order valence-corrected chi connectivity index (χ1v) is 7.28. The molecule has 2 heteroatoms. The first-order valence-electron chi connectivity index (χ1n) is 7.28. The fraction of sp³-hybridized carbons (Fsp3) is 0.389. The lowest BCUT2D eigenvalue weighted by atomic mass is 9.89. The van der Waals surface area contributed by atoms with Gasteiger partial charge in [-0.2, -0.15) is 5.26 Å². The molecular formula is C18H21NO. The van der Waals surface area contributed by atoms with Gasteiger partial charge in [0, 0.05) is 12.5 Å². The van der Waals surface area contributed by atoms with E-state index in [9.17, 15) is 5.26 Å². The van der Waals surface area contributed by atoms with Crippen molar-refractivity contribution < 1.29 is 4.74 Å². The average Bonchev–Trinajstić information content (AvgIpc) is 2.53. The summed E-state index contributed by atoms with van der Waals surface area (Å²) in [6, 6.07) is 12.5. The largest absolute Gasteiger partial charge is 0.353 e. The Hall–Kier alpha value is -1.85. The van der Waals surface area contributed by atoms with Crippen LogP contribution in [0.3, 0.4) is 0 Å². The number of allylic oxidation sites excluding steroid dienone is 2. The quantitative estimate of drug-likeness (QED) is 0.566. The second-order valence-electron chi connectivity index (χ2n) is 5.12. The molecule has 1 aromatic rings. The van der Waals surface area contributed by atoms with Gasteiger partial charge in [-0.05, 0) is 24.1 Å². The Morgan fingerprint density at radius 1 is 1.15 bits per heavy atom. The highest BCUT2D eigenvalue weighted by atomic mass is 16.5. The molecule has 0 aromatic heterocycles. The van der Waals surface area contributed by atoms with Crippen molar-refractivity contribution in [1.82, 2.24) is 0 Å². The summed E-state index contributed by atoms with van der Waals surface area (Å²) in [5.41, 5.74) is 0.358. The predicted molar refractivity (Wildman–Crippen MR) is 81.3 cm³/mol. The molecule has 0 heterocycles. The third-order valence-corrected chi connectivity index (χ3v) is 3.55. The van der Waals surface area contributed by atoms with Crippen molar-refractivity contribution in [2.45, 2.75) is 37.7 Å². The summed E-state index contributed by atoms with van der Waals surface area (Å²) in [7, 11) is 0. The lowest BCUT2D eigenvalue weighted by molar-refractivity contribution is 0.0631. The third-order valence-electron chi connectivity index (χ3n) is 3.55. The maximum Gasteiger partial charge on any atom is 0.191 e. The maximum atomic E-state index is 9.38. The van der Waals surface area contributed by atoms with Gasteiger partial charge in [0.25, 0.3) is 0 Å². The van der Waals surface area contributed by atoms with Crippen LogP contribution in [0.25, 0.3) is 0 Å². The Bertz CT molecular complexity index is 496. The Morgan fingerprint density at radius 2 is 1.85 bits per heavy atom. The number of ether oxygens (including phenoxy) is 1. The molecule has 0 amide bonds. The van der Waals surface area contributed by atoms with Gasteiger partial charge in [-0.1, -0.05) is 62.2 Å². The molecule has 2 nitrogen and oxygen atoms in total. The number of benzene rings is 1. The number of hydrogen-bond donors (Lipinski definition) is 0. The number of unbranched alkanes of at least 4 members (excludes halogenated alkanes) is 2. The normalized spacial score (nSPS) is 24.5. The molecule has 0 N–H and O–H groups in total. The van der Waals surface area contributed by atoms with Gasteiger partial charge >= 0.3 is 0 Å². The minimum absolute atomic E-state index is 0.233. The Morgan fingerprint density at radius 3 is 2.45 bits per heavy atom. The molecule has 0 saturated heterocycles. The summed E-state index contributed by atoms with van der Waals surface area (Å²) >= 11 is 0. The van der Waals surface area contributed by atoms with E-state index in [4.69, 9.17) is 4.74 Å². The minimum atomic E-state index is -0.876. The van der Waals surface area contributed by atoms with Crippen LogP contribution in [0.5, 0.6) is 0 Å². The molecule has 0 fully saturated rings. The molecule has 1 aliphatic carbocycles. The van der Waals surface area contributed by atoms with Crippen LogP contribution in [0.2, 0.25) is 0 Å². The van der Waals surface area contributed by atoms with Crippen molar-refractivity contribution in [2.75, 3.05) is 6.61 Å². The maximum absolute atomic E-state index is 9.38. The highest BCUT2D eigenvalue weighted by Gasteiger charge is 2.27. The van der Waals surface area contributed by atoms with Crippen LogP contribution in [0.15, 0.2) is 54.6 Å². The smallest absolute Gasteiger partial charge is 0.191 e. The fourth-order valence-electron chi connectivity index (χ4n) is 2.31. The second kappa shape index (κ2) is 7.07. The fourth-order valence-corrected chi connectivity index (χ4v) is 2.31. The molecule has 0 spiro atoms. The van der Waals surface area contributed by atoms with Gasteiger partial charge in [0.2, 0.25) is 0 Å². The van der Waals surface area contributed by atoms with Crippen LogP contribution < -0.4 is 0 Å². The minimum Gasteiger partial charge on any atom is -0.353 e. The van der Waals surface area contributed by atoms with Gasteiger partial charge in [0.1, 0.15) is 6.07 Å².